The van der Waals surface area contributed by atoms with E-state index in [1.807, 2.05) is 47.9 Å². The van der Waals surface area contributed by atoms with Gasteiger partial charge in [-0.15, -0.1) is 10.2 Å². The molecular weight excluding hydrogens is 396 g/mol. The van der Waals surface area contributed by atoms with Crippen molar-refractivity contribution in [3.05, 3.63) is 65.4 Å². The van der Waals surface area contributed by atoms with E-state index in [9.17, 15) is 4.79 Å². The van der Waals surface area contributed by atoms with Crippen molar-refractivity contribution in [2.24, 2.45) is 0 Å². The number of aromatic amines is 1. The molecule has 0 aliphatic rings. The summed E-state index contributed by atoms with van der Waals surface area (Å²) >= 11 is 1.41. The lowest BCUT2D eigenvalue weighted by Crippen LogP contribution is -2.09. The van der Waals surface area contributed by atoms with Crippen molar-refractivity contribution >= 4 is 28.4 Å². The number of carbonyl (C=O) groups excluding carboxylic acids is 1. The second kappa shape index (κ2) is 8.85. The number of carbonyl (C=O) groups is 1. The first kappa shape index (κ1) is 20.4. The van der Waals surface area contributed by atoms with Gasteiger partial charge in [0, 0.05) is 34.8 Å². The van der Waals surface area contributed by atoms with Gasteiger partial charge in [-0.25, -0.2) is 0 Å². The summed E-state index contributed by atoms with van der Waals surface area (Å²) in [5.74, 6) is 1.16. The number of thioether (sulfide) groups is 1. The van der Waals surface area contributed by atoms with Crippen LogP contribution in [0.1, 0.15) is 21.6 Å². The molecule has 0 aliphatic heterocycles. The zero-order valence-corrected chi connectivity index (χ0v) is 18.1. The maximum Gasteiger partial charge on any atom is 0.192 e. The molecule has 0 fully saturated rings. The molecule has 0 radical (unpaired) electrons. The van der Waals surface area contributed by atoms with E-state index in [1.165, 1.54) is 11.8 Å². The molecule has 0 saturated carbocycles. The van der Waals surface area contributed by atoms with Crippen molar-refractivity contribution in [2.75, 3.05) is 19.5 Å². The maximum absolute atomic E-state index is 13.0. The predicted molar refractivity (Wildman–Crippen MR) is 120 cm³/mol. The van der Waals surface area contributed by atoms with Gasteiger partial charge < -0.3 is 9.72 Å². The number of hydrogen-bond acceptors (Lipinski definition) is 5. The van der Waals surface area contributed by atoms with E-state index in [0.717, 1.165) is 44.3 Å². The summed E-state index contributed by atoms with van der Waals surface area (Å²) in [7, 11) is 1.67. The van der Waals surface area contributed by atoms with Gasteiger partial charge in [0.05, 0.1) is 18.9 Å². The number of methoxy groups -OCH3 is 1. The largest absolute Gasteiger partial charge is 0.383 e. The van der Waals surface area contributed by atoms with E-state index in [4.69, 9.17) is 4.74 Å². The highest BCUT2D eigenvalue weighted by Crippen LogP contribution is 2.27. The van der Waals surface area contributed by atoms with E-state index < -0.39 is 0 Å². The van der Waals surface area contributed by atoms with Gasteiger partial charge in [-0.1, -0.05) is 53.7 Å². The van der Waals surface area contributed by atoms with E-state index >= 15 is 0 Å². The number of aryl methyl sites for hydroxylation is 2. The fraction of sp³-hybridized carbons (Fsp3) is 0.261. The normalized spacial score (nSPS) is 11.3. The molecule has 30 heavy (non-hydrogen) atoms. The number of nitrogens with one attached hydrogen (secondary N) is 1. The zero-order chi connectivity index (χ0) is 21.1. The number of aromatic nitrogens is 4. The van der Waals surface area contributed by atoms with Crippen LogP contribution in [0.4, 0.5) is 0 Å². The predicted octanol–water partition coefficient (Wildman–Crippen LogP) is 4.66. The van der Waals surface area contributed by atoms with Crippen LogP contribution in [0.3, 0.4) is 0 Å². The average molecular weight is 421 g/mol. The molecule has 154 valence electrons. The fourth-order valence-electron chi connectivity index (χ4n) is 3.62. The van der Waals surface area contributed by atoms with Crippen LogP contribution in [0.15, 0.2) is 53.7 Å². The average Bonchev–Trinajstić information content (AvgIpc) is 3.30. The van der Waals surface area contributed by atoms with E-state index in [1.54, 1.807) is 7.11 Å². The summed E-state index contributed by atoms with van der Waals surface area (Å²) < 4.78 is 7.30. The highest BCUT2D eigenvalue weighted by molar-refractivity contribution is 7.99. The molecule has 0 atom stereocenters. The quantitative estimate of drug-likeness (QED) is 0.331. The summed E-state index contributed by atoms with van der Waals surface area (Å²) in [6.45, 7) is 5.15. The molecule has 2 aromatic carbocycles. The topological polar surface area (TPSA) is 72.8 Å². The molecule has 0 saturated heterocycles. The number of Topliss-reactive ketones (excluding diaryl/α,β-unsaturated/α-hetero) is 1. The number of hydrogen-bond donors (Lipinski definition) is 1. The molecule has 4 aromatic rings. The Balaban J connectivity index is 1.59. The number of H-pyrrole nitrogens is 1. The molecule has 7 heteroatoms. The van der Waals surface area contributed by atoms with Crippen LogP contribution >= 0.6 is 11.8 Å². The van der Waals surface area contributed by atoms with Gasteiger partial charge in [0.25, 0.3) is 0 Å². The van der Waals surface area contributed by atoms with Gasteiger partial charge in [-0.2, -0.15) is 0 Å². The number of ether oxygens (including phenoxy) is 1. The van der Waals surface area contributed by atoms with Crippen molar-refractivity contribution in [3.8, 4) is 11.4 Å². The van der Waals surface area contributed by atoms with Gasteiger partial charge in [0.2, 0.25) is 0 Å². The van der Waals surface area contributed by atoms with Crippen LogP contribution in [0.5, 0.6) is 0 Å². The van der Waals surface area contributed by atoms with Crippen LogP contribution in [0.2, 0.25) is 0 Å². The highest BCUT2D eigenvalue weighted by Gasteiger charge is 2.19. The number of para-hydroxylation sites is 1. The molecule has 6 nitrogen and oxygen atoms in total. The third-order valence-electron chi connectivity index (χ3n) is 5.02. The fourth-order valence-corrected chi connectivity index (χ4v) is 4.45. The van der Waals surface area contributed by atoms with Crippen molar-refractivity contribution in [3.63, 3.8) is 0 Å². The lowest BCUT2D eigenvalue weighted by molar-refractivity contribution is 0.102. The lowest BCUT2D eigenvalue weighted by Gasteiger charge is -2.10. The van der Waals surface area contributed by atoms with Gasteiger partial charge in [-0.3, -0.25) is 9.36 Å². The second-order valence-electron chi connectivity index (χ2n) is 7.20. The third-order valence-corrected chi connectivity index (χ3v) is 5.98. The zero-order valence-electron chi connectivity index (χ0n) is 17.3. The second-order valence-corrected chi connectivity index (χ2v) is 8.15. The minimum absolute atomic E-state index is 0.0772. The van der Waals surface area contributed by atoms with Gasteiger partial charge in [0.15, 0.2) is 16.8 Å². The first-order chi connectivity index (χ1) is 14.6. The van der Waals surface area contributed by atoms with Crippen LogP contribution in [0, 0.1) is 13.8 Å². The molecule has 1 N–H and O–H groups in total. The van der Waals surface area contributed by atoms with Crippen LogP contribution in [-0.2, 0) is 11.3 Å². The van der Waals surface area contributed by atoms with Crippen LogP contribution < -0.4 is 0 Å². The Morgan fingerprint density at radius 1 is 1.13 bits per heavy atom. The van der Waals surface area contributed by atoms with Crippen LogP contribution in [-0.4, -0.2) is 45.0 Å². The highest BCUT2D eigenvalue weighted by atomic mass is 32.2. The maximum atomic E-state index is 13.0. The van der Waals surface area contributed by atoms with E-state index in [0.29, 0.717) is 18.9 Å². The summed E-state index contributed by atoms with van der Waals surface area (Å²) in [5.41, 5.74) is 4.79. The number of rotatable bonds is 8. The van der Waals surface area contributed by atoms with Crippen molar-refractivity contribution < 1.29 is 9.53 Å². The first-order valence-electron chi connectivity index (χ1n) is 9.81. The molecule has 0 spiro atoms. The Morgan fingerprint density at radius 2 is 1.97 bits per heavy atom. The summed E-state index contributed by atoms with van der Waals surface area (Å²) in [5, 5.41) is 10.5. The Hall–Kier alpha value is -2.90. The molecule has 0 unspecified atom stereocenters. The minimum atomic E-state index is 0.0772. The summed E-state index contributed by atoms with van der Waals surface area (Å²) in [6, 6.07) is 16.1. The van der Waals surface area contributed by atoms with Crippen molar-refractivity contribution in [2.45, 2.75) is 25.5 Å². The molecule has 0 bridgehead atoms. The Bertz CT molecular complexity index is 1200. The standard InChI is InChI=1S/C23H24N4O2S/c1-15-7-6-8-17(13-15)22-25-26-23(27(22)11-12-29-3)30-14-20(28)21-16(2)24-19-10-5-4-9-18(19)21/h4-10,13,24H,11-12,14H2,1-3H3. The summed E-state index contributed by atoms with van der Waals surface area (Å²) in [6.07, 6.45) is 0. The number of nitrogens with zero attached hydrogens (tertiary/aromatic N) is 3. The SMILES string of the molecule is COCCn1c(SCC(=O)c2c(C)[nH]c3ccccc23)nnc1-c1cccc(C)c1. The Morgan fingerprint density at radius 3 is 2.77 bits per heavy atom. The molecule has 2 heterocycles. The van der Waals surface area contributed by atoms with Gasteiger partial charge in [0.1, 0.15) is 0 Å². The first-order valence-corrected chi connectivity index (χ1v) is 10.8. The van der Waals surface area contributed by atoms with Crippen molar-refractivity contribution in [1.29, 1.82) is 0 Å². The molecule has 2 aromatic heterocycles. The summed E-state index contributed by atoms with van der Waals surface area (Å²) in [4.78, 5) is 16.3. The Labute approximate surface area is 179 Å². The monoisotopic (exact) mass is 420 g/mol. The van der Waals surface area contributed by atoms with Gasteiger partial charge >= 0.3 is 0 Å². The Kier molecular flexibility index (Phi) is 6.01. The number of ketones is 1. The number of benzene rings is 2. The number of fused-ring (bicyclic) bond motifs is 1. The molecule has 0 aliphatic carbocycles. The van der Waals surface area contributed by atoms with E-state index in [2.05, 4.69) is 34.2 Å². The minimum Gasteiger partial charge on any atom is -0.383 e. The lowest BCUT2D eigenvalue weighted by atomic mass is 10.1. The van der Waals surface area contributed by atoms with Gasteiger partial charge in [-0.05, 0) is 26.0 Å². The smallest absolute Gasteiger partial charge is 0.192 e. The molecular formula is C23H24N4O2S. The van der Waals surface area contributed by atoms with Crippen LogP contribution in [0.25, 0.3) is 22.3 Å². The third kappa shape index (κ3) is 4.04. The van der Waals surface area contributed by atoms with E-state index in [-0.39, 0.29) is 5.78 Å². The molecule has 4 rings (SSSR count). The molecule has 0 amide bonds. The van der Waals surface area contributed by atoms with Crippen molar-refractivity contribution in [1.82, 2.24) is 19.7 Å².